The molecule has 1 heterocycles. The monoisotopic (exact) mass is 184 g/mol. The number of hydrogen-bond donors (Lipinski definition) is 1. The zero-order valence-electron chi connectivity index (χ0n) is 7.47. The molecule has 0 aliphatic heterocycles. The smallest absolute Gasteiger partial charge is 0.303 e. The van der Waals surface area contributed by atoms with E-state index in [-0.39, 0.29) is 6.42 Å². The van der Waals surface area contributed by atoms with Gasteiger partial charge in [-0.3, -0.25) is 4.79 Å². The van der Waals surface area contributed by atoms with Gasteiger partial charge in [-0.2, -0.15) is 0 Å². The molecule has 6 heteroatoms. The molecule has 0 fully saturated rings. The van der Waals surface area contributed by atoms with Crippen molar-refractivity contribution in [3.05, 3.63) is 5.82 Å². The summed E-state index contributed by atoms with van der Waals surface area (Å²) in [6.45, 7) is 2.53. The maximum Gasteiger partial charge on any atom is 0.303 e. The third-order valence-electron chi connectivity index (χ3n) is 1.68. The van der Waals surface area contributed by atoms with Gasteiger partial charge in [0, 0.05) is 19.4 Å². The number of carboxylic acid groups (broad SMARTS) is 1. The summed E-state index contributed by atoms with van der Waals surface area (Å²) in [5.74, 6) is 0.0107. The Bertz CT molecular complexity index is 284. The molecule has 0 amide bonds. The Morgan fingerprint density at radius 2 is 2.38 bits per heavy atom. The molecule has 0 bridgehead atoms. The van der Waals surface area contributed by atoms with Crippen molar-refractivity contribution in [3.63, 3.8) is 0 Å². The number of rotatable bonds is 5. The predicted molar refractivity (Wildman–Crippen MR) is 44.1 cm³/mol. The van der Waals surface area contributed by atoms with Crippen LogP contribution in [-0.4, -0.2) is 31.3 Å². The Morgan fingerprint density at radius 3 is 3.00 bits per heavy atom. The molecule has 0 unspecified atom stereocenters. The van der Waals surface area contributed by atoms with Crippen molar-refractivity contribution in [2.75, 3.05) is 0 Å². The SMILES string of the molecule is CCc1nnnn1CCCC(=O)O. The van der Waals surface area contributed by atoms with Gasteiger partial charge in [-0.05, 0) is 16.8 Å². The topological polar surface area (TPSA) is 80.9 Å². The highest BCUT2D eigenvalue weighted by Gasteiger charge is 2.03. The zero-order valence-corrected chi connectivity index (χ0v) is 7.47. The molecule has 1 rings (SSSR count). The Labute approximate surface area is 75.6 Å². The second kappa shape index (κ2) is 4.54. The number of aromatic nitrogens is 4. The van der Waals surface area contributed by atoms with Gasteiger partial charge < -0.3 is 5.11 Å². The first-order valence-electron chi connectivity index (χ1n) is 4.21. The van der Waals surface area contributed by atoms with Crippen LogP contribution in [0.25, 0.3) is 0 Å². The van der Waals surface area contributed by atoms with Gasteiger partial charge in [0.05, 0.1) is 0 Å². The normalized spacial score (nSPS) is 10.2. The van der Waals surface area contributed by atoms with Crippen LogP contribution in [0.1, 0.15) is 25.6 Å². The van der Waals surface area contributed by atoms with E-state index in [4.69, 9.17) is 5.11 Å². The summed E-state index contributed by atoms with van der Waals surface area (Å²) in [6, 6.07) is 0. The first-order chi connectivity index (χ1) is 6.24. The molecule has 0 aromatic carbocycles. The van der Waals surface area contributed by atoms with E-state index in [1.54, 1.807) is 4.68 Å². The molecule has 0 saturated carbocycles. The average Bonchev–Trinajstić information content (AvgIpc) is 2.51. The molecule has 13 heavy (non-hydrogen) atoms. The van der Waals surface area contributed by atoms with E-state index in [1.165, 1.54) is 0 Å². The molecular formula is C7H12N4O2. The summed E-state index contributed by atoms with van der Waals surface area (Å²) in [4.78, 5) is 10.2. The molecule has 0 radical (unpaired) electrons. The Kier molecular flexibility index (Phi) is 3.36. The van der Waals surface area contributed by atoms with Crippen molar-refractivity contribution in [2.45, 2.75) is 32.7 Å². The second-order valence-electron chi connectivity index (χ2n) is 2.67. The van der Waals surface area contributed by atoms with Crippen LogP contribution < -0.4 is 0 Å². The van der Waals surface area contributed by atoms with Gasteiger partial charge in [-0.15, -0.1) is 5.10 Å². The number of carbonyl (C=O) groups is 1. The van der Waals surface area contributed by atoms with E-state index in [0.29, 0.717) is 13.0 Å². The van der Waals surface area contributed by atoms with Crippen molar-refractivity contribution in [2.24, 2.45) is 0 Å². The minimum Gasteiger partial charge on any atom is -0.481 e. The van der Waals surface area contributed by atoms with Gasteiger partial charge in [0.15, 0.2) is 5.82 Å². The van der Waals surface area contributed by atoms with E-state index in [9.17, 15) is 4.79 Å². The van der Waals surface area contributed by atoms with Gasteiger partial charge in [0.2, 0.25) is 0 Å². The van der Waals surface area contributed by atoms with Gasteiger partial charge in [-0.1, -0.05) is 6.92 Å². The zero-order chi connectivity index (χ0) is 9.68. The van der Waals surface area contributed by atoms with E-state index in [1.807, 2.05) is 6.92 Å². The highest BCUT2D eigenvalue weighted by atomic mass is 16.4. The fraction of sp³-hybridized carbons (Fsp3) is 0.714. The van der Waals surface area contributed by atoms with Crippen LogP contribution in [0, 0.1) is 0 Å². The molecular weight excluding hydrogens is 172 g/mol. The van der Waals surface area contributed by atoms with E-state index in [0.717, 1.165) is 12.2 Å². The number of hydrogen-bond acceptors (Lipinski definition) is 4. The molecule has 0 spiro atoms. The van der Waals surface area contributed by atoms with E-state index < -0.39 is 5.97 Å². The van der Waals surface area contributed by atoms with Crippen molar-refractivity contribution in [3.8, 4) is 0 Å². The van der Waals surface area contributed by atoms with Crippen LogP contribution in [0.5, 0.6) is 0 Å². The summed E-state index contributed by atoms with van der Waals surface area (Å²) < 4.78 is 1.64. The lowest BCUT2D eigenvalue weighted by Crippen LogP contribution is -2.07. The predicted octanol–water partition coefficient (Wildman–Crippen LogP) is 0.100. The number of carboxylic acids is 1. The Morgan fingerprint density at radius 1 is 1.62 bits per heavy atom. The van der Waals surface area contributed by atoms with Gasteiger partial charge in [0.25, 0.3) is 0 Å². The summed E-state index contributed by atoms with van der Waals surface area (Å²) >= 11 is 0. The molecule has 0 atom stereocenters. The largest absolute Gasteiger partial charge is 0.481 e. The lowest BCUT2D eigenvalue weighted by Gasteiger charge is -2.00. The van der Waals surface area contributed by atoms with Gasteiger partial charge >= 0.3 is 5.97 Å². The molecule has 6 nitrogen and oxygen atoms in total. The number of aliphatic carboxylic acids is 1. The summed E-state index contributed by atoms with van der Waals surface area (Å²) in [6.07, 6.45) is 1.48. The van der Waals surface area contributed by atoms with Crippen LogP contribution in [0.15, 0.2) is 0 Å². The molecule has 1 N–H and O–H groups in total. The third kappa shape index (κ3) is 2.81. The summed E-state index contributed by atoms with van der Waals surface area (Å²) in [7, 11) is 0. The fourth-order valence-corrected chi connectivity index (χ4v) is 1.03. The molecule has 1 aromatic rings. The highest BCUT2D eigenvalue weighted by molar-refractivity contribution is 5.66. The maximum atomic E-state index is 10.2. The number of tetrazole rings is 1. The lowest BCUT2D eigenvalue weighted by atomic mass is 10.3. The minimum atomic E-state index is -0.786. The Balaban J connectivity index is 2.40. The number of nitrogens with zero attached hydrogens (tertiary/aromatic N) is 4. The van der Waals surface area contributed by atoms with Crippen molar-refractivity contribution < 1.29 is 9.90 Å². The second-order valence-corrected chi connectivity index (χ2v) is 2.67. The van der Waals surface area contributed by atoms with Crippen LogP contribution in [0.3, 0.4) is 0 Å². The van der Waals surface area contributed by atoms with Crippen molar-refractivity contribution >= 4 is 5.97 Å². The standard InChI is InChI=1S/C7H12N4O2/c1-2-6-8-9-10-11(6)5-3-4-7(12)13/h2-5H2,1H3,(H,12,13). The summed E-state index contributed by atoms with van der Waals surface area (Å²) in [5.41, 5.74) is 0. The molecule has 0 saturated heterocycles. The fourth-order valence-electron chi connectivity index (χ4n) is 1.03. The van der Waals surface area contributed by atoms with Gasteiger partial charge in [0.1, 0.15) is 0 Å². The van der Waals surface area contributed by atoms with Crippen molar-refractivity contribution in [1.29, 1.82) is 0 Å². The minimum absolute atomic E-state index is 0.156. The molecule has 1 aromatic heterocycles. The average molecular weight is 184 g/mol. The molecule has 0 aliphatic rings. The summed E-state index contributed by atoms with van der Waals surface area (Å²) in [5, 5.41) is 19.4. The first-order valence-corrected chi connectivity index (χ1v) is 4.21. The van der Waals surface area contributed by atoms with Crippen LogP contribution in [0.2, 0.25) is 0 Å². The van der Waals surface area contributed by atoms with Crippen LogP contribution in [0.4, 0.5) is 0 Å². The van der Waals surface area contributed by atoms with Gasteiger partial charge in [-0.25, -0.2) is 4.68 Å². The van der Waals surface area contributed by atoms with E-state index >= 15 is 0 Å². The number of aryl methyl sites for hydroxylation is 2. The first kappa shape index (κ1) is 9.63. The quantitative estimate of drug-likeness (QED) is 0.701. The Hall–Kier alpha value is -1.46. The maximum absolute atomic E-state index is 10.2. The van der Waals surface area contributed by atoms with E-state index in [2.05, 4.69) is 15.5 Å². The molecule has 72 valence electrons. The lowest BCUT2D eigenvalue weighted by molar-refractivity contribution is -0.137. The van der Waals surface area contributed by atoms with Crippen LogP contribution in [-0.2, 0) is 17.8 Å². The molecule has 0 aliphatic carbocycles. The van der Waals surface area contributed by atoms with Crippen LogP contribution >= 0.6 is 0 Å². The third-order valence-corrected chi connectivity index (χ3v) is 1.68. The highest BCUT2D eigenvalue weighted by Crippen LogP contribution is 1.97. The van der Waals surface area contributed by atoms with Crippen molar-refractivity contribution in [1.82, 2.24) is 20.2 Å².